The van der Waals surface area contributed by atoms with Gasteiger partial charge >= 0.3 is 5.88 Å². The van der Waals surface area contributed by atoms with Gasteiger partial charge in [0, 0.05) is 6.42 Å². The second kappa shape index (κ2) is 5.53. The van der Waals surface area contributed by atoms with E-state index >= 15 is 0 Å². The van der Waals surface area contributed by atoms with Crippen molar-refractivity contribution in [1.82, 2.24) is 9.97 Å². The first-order valence-electron chi connectivity index (χ1n) is 6.38. The number of thiophene rings is 1. The number of carbonyl (C=O) groups is 1. The highest BCUT2D eigenvalue weighted by Gasteiger charge is 2.18. The molecule has 112 valence electrons. The van der Waals surface area contributed by atoms with Gasteiger partial charge in [-0.25, -0.2) is 9.97 Å². The van der Waals surface area contributed by atoms with E-state index in [2.05, 4.69) is 15.3 Å². The zero-order valence-corrected chi connectivity index (χ0v) is 12.2. The lowest BCUT2D eigenvalue weighted by molar-refractivity contribution is -0.401. The average Bonchev–Trinajstić information content (AvgIpc) is 3.15. The number of furan rings is 1. The molecule has 0 aliphatic carbocycles. The quantitative estimate of drug-likeness (QED) is 0.584. The first kappa shape index (κ1) is 14.1. The minimum Gasteiger partial charge on any atom is -0.397 e. The molecule has 9 heteroatoms. The highest BCUT2D eigenvalue weighted by Crippen LogP contribution is 2.30. The molecular weight excluding hydrogens is 308 g/mol. The lowest BCUT2D eigenvalue weighted by atomic mass is 10.3. The van der Waals surface area contributed by atoms with Gasteiger partial charge in [0.05, 0.1) is 11.5 Å². The summed E-state index contributed by atoms with van der Waals surface area (Å²) in [5.41, 5.74) is 0. The molecule has 3 heterocycles. The number of amides is 1. The number of hydrogen-bond acceptors (Lipinski definition) is 7. The normalized spacial score (nSPS) is 10.8. The predicted octanol–water partition coefficient (Wildman–Crippen LogP) is 3.21. The third-order valence-electron chi connectivity index (χ3n) is 2.90. The van der Waals surface area contributed by atoms with Crippen molar-refractivity contribution in [2.24, 2.45) is 0 Å². The summed E-state index contributed by atoms with van der Waals surface area (Å²) in [7, 11) is 0. The maximum absolute atomic E-state index is 11.6. The molecule has 0 bridgehead atoms. The van der Waals surface area contributed by atoms with Crippen molar-refractivity contribution in [2.75, 3.05) is 5.32 Å². The summed E-state index contributed by atoms with van der Waals surface area (Å²) in [5, 5.41) is 15.9. The number of fused-ring (bicyclic) bond motifs is 1. The van der Waals surface area contributed by atoms with Crippen LogP contribution in [-0.2, 0) is 4.79 Å². The van der Waals surface area contributed by atoms with Crippen LogP contribution in [0.3, 0.4) is 0 Å². The van der Waals surface area contributed by atoms with E-state index < -0.39 is 4.92 Å². The molecule has 0 radical (unpaired) electrons. The molecule has 22 heavy (non-hydrogen) atoms. The Hall–Kier alpha value is -2.81. The Morgan fingerprint density at radius 1 is 1.41 bits per heavy atom. The summed E-state index contributed by atoms with van der Waals surface area (Å²) >= 11 is 1.38. The molecule has 0 saturated carbocycles. The first-order valence-corrected chi connectivity index (χ1v) is 7.26. The lowest BCUT2D eigenvalue weighted by Gasteiger charge is -2.05. The number of aromatic nitrogens is 2. The average molecular weight is 318 g/mol. The van der Waals surface area contributed by atoms with Crippen LogP contribution in [0.15, 0.2) is 28.0 Å². The van der Waals surface area contributed by atoms with Crippen molar-refractivity contribution in [1.29, 1.82) is 0 Å². The van der Waals surface area contributed by atoms with Crippen molar-refractivity contribution in [3.63, 3.8) is 0 Å². The van der Waals surface area contributed by atoms with Crippen LogP contribution in [-0.4, -0.2) is 20.8 Å². The van der Waals surface area contributed by atoms with Crippen LogP contribution in [0, 0.1) is 10.1 Å². The summed E-state index contributed by atoms with van der Waals surface area (Å²) < 4.78 is 5.11. The molecule has 0 aromatic carbocycles. The third kappa shape index (κ3) is 2.53. The van der Waals surface area contributed by atoms with E-state index in [0.717, 1.165) is 5.39 Å². The fourth-order valence-electron chi connectivity index (χ4n) is 1.83. The largest absolute Gasteiger partial charge is 0.433 e. The van der Waals surface area contributed by atoms with Gasteiger partial charge in [0.1, 0.15) is 15.6 Å². The fourth-order valence-corrected chi connectivity index (χ4v) is 2.59. The molecule has 8 nitrogen and oxygen atoms in total. The maximum Gasteiger partial charge on any atom is 0.433 e. The highest BCUT2D eigenvalue weighted by atomic mass is 32.1. The number of carbonyl (C=O) groups excluding carboxylic acids is 1. The second-order valence-corrected chi connectivity index (χ2v) is 5.23. The Morgan fingerprint density at radius 2 is 2.23 bits per heavy atom. The number of hydrogen-bond donors (Lipinski definition) is 1. The first-order chi connectivity index (χ1) is 10.6. The van der Waals surface area contributed by atoms with Gasteiger partial charge in [-0.2, -0.15) is 0 Å². The fraction of sp³-hybridized carbons (Fsp3) is 0.154. The minimum atomic E-state index is -0.632. The van der Waals surface area contributed by atoms with Crippen LogP contribution in [0.5, 0.6) is 0 Å². The third-order valence-corrected chi connectivity index (χ3v) is 3.70. The van der Waals surface area contributed by atoms with Crippen LogP contribution >= 0.6 is 11.3 Å². The Bertz CT molecular complexity index is 870. The Morgan fingerprint density at radius 3 is 2.91 bits per heavy atom. The zero-order valence-electron chi connectivity index (χ0n) is 11.4. The summed E-state index contributed by atoms with van der Waals surface area (Å²) in [6, 6.07) is 4.47. The van der Waals surface area contributed by atoms with E-state index in [-0.39, 0.29) is 23.4 Å². The van der Waals surface area contributed by atoms with E-state index in [9.17, 15) is 14.9 Å². The van der Waals surface area contributed by atoms with Crippen molar-refractivity contribution < 1.29 is 14.1 Å². The van der Waals surface area contributed by atoms with Gasteiger partial charge in [0.2, 0.25) is 5.91 Å². The maximum atomic E-state index is 11.6. The smallest absolute Gasteiger partial charge is 0.397 e. The van der Waals surface area contributed by atoms with Gasteiger partial charge in [-0.05, 0) is 17.5 Å². The Labute approximate surface area is 128 Å². The van der Waals surface area contributed by atoms with Gasteiger partial charge in [-0.15, -0.1) is 11.3 Å². The molecular formula is C13H10N4O4S. The van der Waals surface area contributed by atoms with Crippen molar-refractivity contribution in [3.8, 4) is 11.6 Å². The van der Waals surface area contributed by atoms with Crippen LogP contribution < -0.4 is 5.32 Å². The summed E-state index contributed by atoms with van der Waals surface area (Å²) in [6.45, 7) is 1.73. The molecule has 0 aliphatic heterocycles. The SMILES string of the molecule is CCC(=O)Nc1nc(-c2ccc([N+](=O)[O-])o2)nc2sccc12. The molecule has 0 atom stereocenters. The monoisotopic (exact) mass is 318 g/mol. The van der Waals surface area contributed by atoms with Crippen molar-refractivity contribution in [3.05, 3.63) is 33.7 Å². The highest BCUT2D eigenvalue weighted by molar-refractivity contribution is 7.16. The molecule has 0 unspecified atom stereocenters. The van der Waals surface area contributed by atoms with E-state index in [0.29, 0.717) is 17.1 Å². The molecule has 3 rings (SSSR count). The van der Waals surface area contributed by atoms with Crippen LogP contribution in [0.1, 0.15) is 13.3 Å². The van der Waals surface area contributed by atoms with E-state index in [1.165, 1.54) is 23.5 Å². The number of nitrogens with zero attached hydrogens (tertiary/aromatic N) is 3. The molecule has 3 aromatic rings. The predicted molar refractivity (Wildman–Crippen MR) is 80.7 cm³/mol. The molecule has 1 amide bonds. The van der Waals surface area contributed by atoms with E-state index in [1.807, 2.05) is 5.38 Å². The molecule has 0 fully saturated rings. The minimum absolute atomic E-state index is 0.175. The van der Waals surface area contributed by atoms with E-state index in [4.69, 9.17) is 4.42 Å². The van der Waals surface area contributed by atoms with Crippen molar-refractivity contribution >= 4 is 39.2 Å². The van der Waals surface area contributed by atoms with Gasteiger partial charge in [0.25, 0.3) is 0 Å². The Balaban J connectivity index is 2.09. The van der Waals surface area contributed by atoms with Crippen LogP contribution in [0.25, 0.3) is 21.8 Å². The summed E-state index contributed by atoms with van der Waals surface area (Å²) in [4.78, 5) is 30.9. The summed E-state index contributed by atoms with van der Waals surface area (Å²) in [6.07, 6.45) is 0.317. The van der Waals surface area contributed by atoms with Gasteiger partial charge < -0.3 is 9.73 Å². The van der Waals surface area contributed by atoms with Crippen molar-refractivity contribution in [2.45, 2.75) is 13.3 Å². The lowest BCUT2D eigenvalue weighted by Crippen LogP contribution is -2.11. The zero-order chi connectivity index (χ0) is 15.7. The Kier molecular flexibility index (Phi) is 3.55. The second-order valence-electron chi connectivity index (χ2n) is 4.33. The van der Waals surface area contributed by atoms with Gasteiger partial charge in [-0.1, -0.05) is 6.92 Å². The van der Waals surface area contributed by atoms with Gasteiger partial charge in [-0.3, -0.25) is 14.9 Å². The molecule has 3 aromatic heterocycles. The molecule has 0 saturated heterocycles. The van der Waals surface area contributed by atoms with E-state index in [1.54, 1.807) is 13.0 Å². The standard InChI is InChI=1S/C13H10N4O4S/c1-2-9(18)14-11-7-5-6-22-13(7)16-12(15-11)8-3-4-10(21-8)17(19)20/h3-6H,2H2,1H3,(H,14,15,16,18). The van der Waals surface area contributed by atoms with Crippen LogP contribution in [0.2, 0.25) is 0 Å². The summed E-state index contributed by atoms with van der Waals surface area (Å²) in [5.74, 6) is 0.169. The molecule has 0 aliphatic rings. The number of nitrogens with one attached hydrogen (secondary N) is 1. The van der Waals surface area contributed by atoms with Gasteiger partial charge in [0.15, 0.2) is 11.6 Å². The number of rotatable bonds is 4. The number of anilines is 1. The topological polar surface area (TPSA) is 111 Å². The molecule has 0 spiro atoms. The van der Waals surface area contributed by atoms with Crippen LogP contribution in [0.4, 0.5) is 11.7 Å². The number of nitro groups is 1. The molecule has 1 N–H and O–H groups in total.